The molecule has 1 aromatic carbocycles. The van der Waals surface area contributed by atoms with Gasteiger partial charge in [-0.15, -0.1) is 10.2 Å². The van der Waals surface area contributed by atoms with Crippen LogP contribution in [0.5, 0.6) is 0 Å². The van der Waals surface area contributed by atoms with E-state index in [0.29, 0.717) is 30.1 Å². The highest BCUT2D eigenvalue weighted by Gasteiger charge is 2.48. The molecule has 0 amide bonds. The topological polar surface area (TPSA) is 60.4 Å². The molecule has 0 unspecified atom stereocenters. The first kappa shape index (κ1) is 24.8. The van der Waals surface area contributed by atoms with Crippen LogP contribution in [0.15, 0.2) is 53.8 Å². The molecule has 38 heavy (non-hydrogen) atoms. The minimum absolute atomic E-state index is 0.144. The van der Waals surface area contributed by atoms with Gasteiger partial charge >= 0.3 is 11.9 Å². The minimum Gasteiger partial charge on any atom is -0.320 e. The molecule has 6 rings (SSSR count). The molecule has 200 valence electrons. The molecule has 1 saturated heterocycles. The third kappa shape index (κ3) is 4.03. The van der Waals surface area contributed by atoms with Crippen molar-refractivity contribution in [3.63, 3.8) is 0 Å². The van der Waals surface area contributed by atoms with Crippen molar-refractivity contribution in [2.24, 2.45) is 13.0 Å². The normalized spacial score (nSPS) is 24.3. The summed E-state index contributed by atoms with van der Waals surface area (Å²) in [5.41, 5.74) is -0.341. The number of nitrogens with zero attached hydrogens (tertiary/aromatic N) is 6. The zero-order valence-corrected chi connectivity index (χ0v) is 21.1. The second-order valence-electron chi connectivity index (χ2n) is 10.8. The van der Waals surface area contributed by atoms with E-state index in [-0.39, 0.29) is 24.0 Å². The summed E-state index contributed by atoms with van der Waals surface area (Å²) in [6.07, 6.45) is 0.762. The van der Waals surface area contributed by atoms with Crippen molar-refractivity contribution in [1.29, 1.82) is 0 Å². The molecule has 1 aliphatic heterocycles. The van der Waals surface area contributed by atoms with Crippen molar-refractivity contribution in [3.8, 4) is 5.69 Å². The first-order valence-corrected chi connectivity index (χ1v) is 12.7. The van der Waals surface area contributed by atoms with Crippen LogP contribution < -0.4 is 5.69 Å². The van der Waals surface area contributed by atoms with Crippen molar-refractivity contribution in [3.05, 3.63) is 82.1 Å². The van der Waals surface area contributed by atoms with Gasteiger partial charge in [-0.05, 0) is 54.5 Å². The van der Waals surface area contributed by atoms with E-state index in [1.165, 1.54) is 17.0 Å². The van der Waals surface area contributed by atoms with E-state index in [4.69, 9.17) is 0 Å². The summed E-state index contributed by atoms with van der Waals surface area (Å²) in [6, 6.07) is 8.44. The highest BCUT2D eigenvalue weighted by Crippen LogP contribution is 2.51. The fraction of sp³-hybridized carbons (Fsp3) is 0.444. The summed E-state index contributed by atoms with van der Waals surface area (Å²) >= 11 is 0. The molecular formula is C27H28F4N6O. The molecule has 1 aliphatic carbocycles. The largest absolute Gasteiger partial charge is 0.418 e. The lowest BCUT2D eigenvalue weighted by Crippen LogP contribution is -2.43. The Morgan fingerprint density at radius 3 is 2.58 bits per heavy atom. The van der Waals surface area contributed by atoms with Crippen LogP contribution in [-0.4, -0.2) is 47.9 Å². The Hall–Kier alpha value is -3.47. The third-order valence-electron chi connectivity index (χ3n) is 7.96. The van der Waals surface area contributed by atoms with Gasteiger partial charge in [0.1, 0.15) is 18.3 Å². The van der Waals surface area contributed by atoms with Gasteiger partial charge in [-0.1, -0.05) is 19.1 Å². The van der Waals surface area contributed by atoms with Gasteiger partial charge in [-0.3, -0.25) is 13.9 Å². The summed E-state index contributed by atoms with van der Waals surface area (Å²) in [6.45, 7) is 2.95. The Morgan fingerprint density at radius 2 is 1.95 bits per heavy atom. The Bertz CT molecular complexity index is 1560. The maximum atomic E-state index is 14.1. The zero-order chi connectivity index (χ0) is 26.8. The van der Waals surface area contributed by atoms with Crippen molar-refractivity contribution in [2.75, 3.05) is 13.1 Å². The van der Waals surface area contributed by atoms with Crippen LogP contribution in [0.3, 0.4) is 0 Å². The molecule has 0 bridgehead atoms. The van der Waals surface area contributed by atoms with Crippen LogP contribution in [0.4, 0.5) is 17.6 Å². The Kier molecular flexibility index (Phi) is 5.75. The lowest BCUT2D eigenvalue weighted by atomic mass is 9.58. The number of hydrogen-bond acceptors (Lipinski definition) is 4. The van der Waals surface area contributed by atoms with E-state index in [9.17, 15) is 22.4 Å². The number of rotatable bonds is 5. The van der Waals surface area contributed by atoms with Gasteiger partial charge in [0.15, 0.2) is 0 Å². The minimum atomic E-state index is -4.66. The van der Waals surface area contributed by atoms with E-state index in [2.05, 4.69) is 17.1 Å². The first-order chi connectivity index (χ1) is 18.0. The van der Waals surface area contributed by atoms with Gasteiger partial charge in [0.05, 0.1) is 22.2 Å². The second-order valence-corrected chi connectivity index (χ2v) is 10.8. The molecule has 1 saturated carbocycles. The predicted molar refractivity (Wildman–Crippen MR) is 133 cm³/mol. The third-order valence-corrected chi connectivity index (χ3v) is 7.96. The lowest BCUT2D eigenvalue weighted by molar-refractivity contribution is -0.136. The summed E-state index contributed by atoms with van der Waals surface area (Å²) in [5, 5.41) is 8.41. The number of pyridine rings is 1. The highest BCUT2D eigenvalue weighted by molar-refractivity contribution is 5.58. The Morgan fingerprint density at radius 1 is 1.16 bits per heavy atom. The monoisotopic (exact) mass is 528 g/mol. The van der Waals surface area contributed by atoms with E-state index in [1.54, 1.807) is 17.3 Å². The zero-order valence-electron chi connectivity index (χ0n) is 21.1. The van der Waals surface area contributed by atoms with Crippen molar-refractivity contribution in [1.82, 2.24) is 28.6 Å². The number of alkyl halides is 4. The van der Waals surface area contributed by atoms with Gasteiger partial charge in [0.2, 0.25) is 0 Å². The number of hydrogen-bond donors (Lipinski definition) is 0. The van der Waals surface area contributed by atoms with E-state index in [1.807, 2.05) is 29.8 Å². The van der Waals surface area contributed by atoms with Gasteiger partial charge in [0, 0.05) is 39.1 Å². The summed E-state index contributed by atoms with van der Waals surface area (Å²) in [4.78, 5) is 15.3. The lowest BCUT2D eigenvalue weighted by Gasteiger charge is -2.46. The number of likely N-dealkylation sites (tertiary alicyclic amines) is 1. The number of aryl methyl sites for hydroxylation is 1. The molecule has 4 heterocycles. The van der Waals surface area contributed by atoms with Gasteiger partial charge in [-0.25, -0.2) is 9.18 Å². The number of fused-ring (bicyclic) bond motifs is 1. The number of benzene rings is 1. The molecular weight excluding hydrogens is 500 g/mol. The number of aromatic nitrogens is 5. The molecule has 0 spiro atoms. The average molecular weight is 529 g/mol. The van der Waals surface area contributed by atoms with Crippen molar-refractivity contribution < 1.29 is 17.6 Å². The van der Waals surface area contributed by atoms with E-state index < -0.39 is 23.6 Å². The summed E-state index contributed by atoms with van der Waals surface area (Å²) in [5.74, 6) is 1.30. The second kappa shape index (κ2) is 8.79. The average Bonchev–Trinajstić information content (AvgIpc) is 3.55. The standard InChI is InChI=1S/C27H28F4N6O/c1-17-10-26(11-17,24-33-32-16-34(24)2)19-4-3-5-21(9-19)36-15-23-22(27(29,30)31)8-18(13-37(23)25(36)38)12-35-7-6-20(28)14-35/h3-5,8-9,13,15-17,20H,6-7,10-12,14H2,1-2H3/t17-,20-,26+/m0/s1. The molecule has 2 fully saturated rings. The highest BCUT2D eigenvalue weighted by atomic mass is 19.4. The SMILES string of the molecule is Cn1cnnc1[C@]1(c2cccc(-n3cc4c(C(F)(F)F)cc(CN5CC[C@H](F)C5)cn4c3=O)c2)C[C@H](C)C1. The van der Waals surface area contributed by atoms with Crippen molar-refractivity contribution in [2.45, 2.75) is 50.5 Å². The number of imidazole rings is 1. The van der Waals surface area contributed by atoms with Crippen molar-refractivity contribution >= 4 is 5.52 Å². The molecule has 0 radical (unpaired) electrons. The van der Waals surface area contributed by atoms with Crippen LogP contribution in [-0.2, 0) is 25.2 Å². The molecule has 11 heteroatoms. The van der Waals surface area contributed by atoms with Gasteiger partial charge in [-0.2, -0.15) is 13.2 Å². The first-order valence-electron chi connectivity index (χ1n) is 12.7. The fourth-order valence-corrected chi connectivity index (χ4v) is 6.28. The molecule has 4 aromatic rings. The van der Waals surface area contributed by atoms with Gasteiger partial charge in [0.25, 0.3) is 0 Å². The Labute approximate surface area is 216 Å². The summed E-state index contributed by atoms with van der Waals surface area (Å²) in [7, 11) is 1.89. The molecule has 0 N–H and O–H groups in total. The molecule has 1 atom stereocenters. The van der Waals surface area contributed by atoms with Crippen LogP contribution in [0.25, 0.3) is 11.2 Å². The smallest absolute Gasteiger partial charge is 0.320 e. The summed E-state index contributed by atoms with van der Waals surface area (Å²) < 4.78 is 60.2. The predicted octanol–water partition coefficient (Wildman–Crippen LogP) is 4.50. The fourth-order valence-electron chi connectivity index (χ4n) is 6.28. The van der Waals surface area contributed by atoms with Crippen LogP contribution in [0, 0.1) is 5.92 Å². The molecule has 7 nitrogen and oxygen atoms in total. The van der Waals surface area contributed by atoms with Crippen LogP contribution in [0.1, 0.15) is 48.7 Å². The van der Waals surface area contributed by atoms with E-state index >= 15 is 0 Å². The van der Waals surface area contributed by atoms with Crippen LogP contribution >= 0.6 is 0 Å². The molecule has 3 aromatic heterocycles. The van der Waals surface area contributed by atoms with Gasteiger partial charge < -0.3 is 4.57 Å². The van der Waals surface area contributed by atoms with Crippen LogP contribution in [0.2, 0.25) is 0 Å². The maximum Gasteiger partial charge on any atom is 0.418 e. The Balaban J connectivity index is 1.45. The maximum absolute atomic E-state index is 14.1. The number of halogens is 4. The molecule has 2 aliphatic rings. The quantitative estimate of drug-likeness (QED) is 0.358. The van der Waals surface area contributed by atoms with E-state index in [0.717, 1.165) is 34.7 Å².